The number of alkyl halides is 3. The molecule has 1 aliphatic rings. The van der Waals surface area contributed by atoms with Gasteiger partial charge >= 0.3 is 6.36 Å². The Bertz CT molecular complexity index is 1220. The summed E-state index contributed by atoms with van der Waals surface area (Å²) in [6.45, 7) is 2.09. The van der Waals surface area contributed by atoms with Gasteiger partial charge in [0.25, 0.3) is 0 Å². The molecular weight excluding hydrogens is 445 g/mol. The minimum atomic E-state index is -4.80. The summed E-state index contributed by atoms with van der Waals surface area (Å²) >= 11 is 0. The van der Waals surface area contributed by atoms with Gasteiger partial charge < -0.3 is 15.4 Å². The van der Waals surface area contributed by atoms with E-state index in [0.717, 1.165) is 34.5 Å². The predicted octanol–water partition coefficient (Wildman–Crippen LogP) is 5.73. The highest BCUT2D eigenvalue weighted by molar-refractivity contribution is 5.92. The van der Waals surface area contributed by atoms with Gasteiger partial charge in [0, 0.05) is 35.4 Å². The maximum atomic E-state index is 12.4. The van der Waals surface area contributed by atoms with E-state index in [-0.39, 0.29) is 18.0 Å². The number of allylic oxidation sites excluding steroid dienone is 3. The van der Waals surface area contributed by atoms with Crippen LogP contribution in [0.2, 0.25) is 0 Å². The molecule has 1 unspecified atom stereocenters. The van der Waals surface area contributed by atoms with Crippen molar-refractivity contribution in [1.29, 1.82) is 0 Å². The van der Waals surface area contributed by atoms with Crippen molar-refractivity contribution in [2.75, 3.05) is 10.6 Å². The zero-order valence-electron chi connectivity index (χ0n) is 18.1. The summed E-state index contributed by atoms with van der Waals surface area (Å²) < 4.78 is 41.0. The molecule has 3 aromatic rings. The fourth-order valence-corrected chi connectivity index (χ4v) is 3.38. The lowest BCUT2D eigenvalue weighted by atomic mass is 10.0. The van der Waals surface area contributed by atoms with Crippen LogP contribution in [0.3, 0.4) is 0 Å². The summed E-state index contributed by atoms with van der Waals surface area (Å²) in [5, 5.41) is 5.74. The second-order valence-electron chi connectivity index (χ2n) is 7.76. The molecule has 0 fully saturated rings. The van der Waals surface area contributed by atoms with Crippen LogP contribution in [-0.4, -0.2) is 22.2 Å². The van der Waals surface area contributed by atoms with E-state index in [4.69, 9.17) is 0 Å². The number of aromatic nitrogens is 2. The number of halogens is 3. The molecule has 1 aromatic heterocycles. The second kappa shape index (κ2) is 9.78. The van der Waals surface area contributed by atoms with Gasteiger partial charge in [0.15, 0.2) is 0 Å². The van der Waals surface area contributed by atoms with Crippen molar-refractivity contribution < 1.29 is 22.7 Å². The number of hydrogen-bond donors (Lipinski definition) is 2. The Labute approximate surface area is 194 Å². The first-order valence-corrected chi connectivity index (χ1v) is 10.5. The van der Waals surface area contributed by atoms with Crippen LogP contribution in [0.4, 0.5) is 24.8 Å². The van der Waals surface area contributed by atoms with Gasteiger partial charge in [-0.25, -0.2) is 9.97 Å². The predicted molar refractivity (Wildman–Crippen MR) is 123 cm³/mol. The maximum absolute atomic E-state index is 12.4. The van der Waals surface area contributed by atoms with E-state index in [2.05, 4.69) is 44.4 Å². The van der Waals surface area contributed by atoms with Crippen molar-refractivity contribution in [1.82, 2.24) is 9.97 Å². The summed E-state index contributed by atoms with van der Waals surface area (Å²) in [4.78, 5) is 21.0. The number of carbonyl (C=O) groups is 1. The van der Waals surface area contributed by atoms with Crippen LogP contribution >= 0.6 is 0 Å². The largest absolute Gasteiger partial charge is 0.573 e. The fraction of sp³-hybridized carbons (Fsp3) is 0.160. The molecule has 1 atom stereocenters. The van der Waals surface area contributed by atoms with E-state index in [1.165, 1.54) is 12.1 Å². The molecular formula is C25H21F3N4O2. The number of benzene rings is 2. The van der Waals surface area contributed by atoms with Crippen molar-refractivity contribution in [3.05, 3.63) is 90.4 Å². The van der Waals surface area contributed by atoms with Crippen molar-refractivity contribution >= 4 is 17.5 Å². The first-order chi connectivity index (χ1) is 16.2. The van der Waals surface area contributed by atoms with Crippen LogP contribution in [0.1, 0.15) is 12.5 Å². The number of carbonyl (C=O) groups excluding carboxylic acids is 1. The molecule has 1 heterocycles. The van der Waals surface area contributed by atoms with Crippen molar-refractivity contribution in [3.8, 4) is 16.9 Å². The van der Waals surface area contributed by atoms with Crippen LogP contribution in [0.15, 0.2) is 84.8 Å². The van der Waals surface area contributed by atoms with Gasteiger partial charge in [-0.3, -0.25) is 4.79 Å². The molecule has 34 heavy (non-hydrogen) atoms. The SMILES string of the molecule is CC1C=CC(Nc2ncc(-c3ccc(CC(=O)Nc4cccc(OC(F)(F)F)c4)cc3)cn2)=C1. The third-order valence-electron chi connectivity index (χ3n) is 4.93. The van der Waals surface area contributed by atoms with Crippen LogP contribution in [-0.2, 0) is 11.2 Å². The average molecular weight is 466 g/mol. The first-order valence-electron chi connectivity index (χ1n) is 10.5. The number of rotatable bonds is 7. The summed E-state index contributed by atoms with van der Waals surface area (Å²) in [5.74, 6) is 0.131. The molecule has 1 aliphatic carbocycles. The highest BCUT2D eigenvalue weighted by Gasteiger charge is 2.31. The Balaban J connectivity index is 1.34. The lowest BCUT2D eigenvalue weighted by molar-refractivity contribution is -0.274. The number of hydrogen-bond acceptors (Lipinski definition) is 5. The summed E-state index contributed by atoms with van der Waals surface area (Å²) in [5.41, 5.74) is 3.64. The quantitative estimate of drug-likeness (QED) is 0.466. The van der Waals surface area contributed by atoms with Gasteiger partial charge in [-0.05, 0) is 35.3 Å². The maximum Gasteiger partial charge on any atom is 0.573 e. The third-order valence-corrected chi connectivity index (χ3v) is 4.93. The monoisotopic (exact) mass is 466 g/mol. The van der Waals surface area contributed by atoms with Crippen molar-refractivity contribution in [3.63, 3.8) is 0 Å². The van der Waals surface area contributed by atoms with E-state index in [1.807, 2.05) is 18.2 Å². The van der Waals surface area contributed by atoms with Crippen molar-refractivity contribution in [2.24, 2.45) is 5.92 Å². The van der Waals surface area contributed by atoms with E-state index >= 15 is 0 Å². The Morgan fingerprint density at radius 2 is 1.79 bits per heavy atom. The lowest BCUT2D eigenvalue weighted by Crippen LogP contribution is -2.18. The van der Waals surface area contributed by atoms with E-state index in [9.17, 15) is 18.0 Å². The molecule has 2 N–H and O–H groups in total. The topological polar surface area (TPSA) is 76.1 Å². The molecule has 0 radical (unpaired) electrons. The molecule has 1 amide bonds. The molecule has 0 saturated heterocycles. The molecule has 0 bridgehead atoms. The second-order valence-corrected chi connectivity index (χ2v) is 7.76. The molecule has 2 aromatic carbocycles. The van der Waals surface area contributed by atoms with E-state index in [1.54, 1.807) is 24.5 Å². The highest BCUT2D eigenvalue weighted by Crippen LogP contribution is 2.25. The smallest absolute Gasteiger partial charge is 0.406 e. The van der Waals surface area contributed by atoms with Gasteiger partial charge in [-0.2, -0.15) is 0 Å². The molecule has 0 spiro atoms. The minimum Gasteiger partial charge on any atom is -0.406 e. The Morgan fingerprint density at radius 3 is 2.44 bits per heavy atom. The Kier molecular flexibility index (Phi) is 6.62. The Hall–Kier alpha value is -4.14. The number of nitrogens with zero attached hydrogens (tertiary/aromatic N) is 2. The fourth-order valence-electron chi connectivity index (χ4n) is 3.38. The number of anilines is 2. The normalized spacial score (nSPS) is 15.1. The van der Waals surface area contributed by atoms with Gasteiger partial charge in [0.05, 0.1) is 6.42 Å². The minimum absolute atomic E-state index is 0.0606. The Morgan fingerprint density at radius 1 is 1.06 bits per heavy atom. The van der Waals surface area contributed by atoms with Gasteiger partial charge in [-0.15, -0.1) is 13.2 Å². The van der Waals surface area contributed by atoms with Crippen LogP contribution < -0.4 is 15.4 Å². The number of nitrogens with one attached hydrogen (secondary N) is 2. The van der Waals surface area contributed by atoms with Crippen LogP contribution in [0, 0.1) is 5.92 Å². The summed E-state index contributed by atoms with van der Waals surface area (Å²) in [6, 6.07) is 12.5. The van der Waals surface area contributed by atoms with E-state index in [0.29, 0.717) is 11.9 Å². The van der Waals surface area contributed by atoms with Gasteiger partial charge in [0.1, 0.15) is 5.75 Å². The third kappa shape index (κ3) is 6.44. The van der Waals surface area contributed by atoms with Crippen LogP contribution in [0.5, 0.6) is 5.75 Å². The summed E-state index contributed by atoms with van der Waals surface area (Å²) in [6.07, 6.45) is 4.85. The number of ether oxygens (including phenoxy) is 1. The van der Waals surface area contributed by atoms with Gasteiger partial charge in [-0.1, -0.05) is 49.4 Å². The molecule has 4 rings (SSSR count). The molecule has 0 aliphatic heterocycles. The zero-order chi connectivity index (χ0) is 24.1. The summed E-state index contributed by atoms with van der Waals surface area (Å²) in [7, 11) is 0. The van der Waals surface area contributed by atoms with Gasteiger partial charge in [0.2, 0.25) is 11.9 Å². The highest BCUT2D eigenvalue weighted by atomic mass is 19.4. The lowest BCUT2D eigenvalue weighted by Gasteiger charge is -2.11. The molecule has 9 heteroatoms. The van der Waals surface area contributed by atoms with E-state index < -0.39 is 12.1 Å². The zero-order valence-corrected chi connectivity index (χ0v) is 18.1. The average Bonchev–Trinajstić information content (AvgIpc) is 3.18. The first kappa shape index (κ1) is 23.0. The molecule has 174 valence electrons. The molecule has 0 saturated carbocycles. The van der Waals surface area contributed by atoms with Crippen LogP contribution in [0.25, 0.3) is 11.1 Å². The standard InChI is InChI=1S/C25H21F3N4O2/c1-16-5-10-21(11-16)32-24-29-14-19(15-30-24)18-8-6-17(7-9-18)12-23(33)31-20-3-2-4-22(13-20)34-25(26,27)28/h2-11,13-16H,12H2,1H3,(H,31,33)(H,29,30,32). The van der Waals surface area contributed by atoms with Crippen molar-refractivity contribution in [2.45, 2.75) is 19.7 Å². The number of amides is 1. The molecule has 6 nitrogen and oxygen atoms in total.